The molecular formula is C22H29NO2. The van der Waals surface area contributed by atoms with Crippen LogP contribution in [0.4, 0.5) is 0 Å². The molecule has 134 valence electrons. The summed E-state index contributed by atoms with van der Waals surface area (Å²) in [6.45, 7) is 1.80. The first-order valence-corrected chi connectivity index (χ1v) is 9.17. The second-order valence-corrected chi connectivity index (χ2v) is 6.94. The molecule has 2 aromatic rings. The number of nitrogens with zero attached hydrogens (tertiary/aromatic N) is 1. The third-order valence-corrected chi connectivity index (χ3v) is 5.40. The zero-order chi connectivity index (χ0) is 17.5. The topological polar surface area (TPSA) is 21.7 Å². The maximum Gasteiger partial charge on any atom is 0.175 e. The summed E-state index contributed by atoms with van der Waals surface area (Å²) in [5, 5.41) is 0. The predicted molar refractivity (Wildman–Crippen MR) is 101 cm³/mol. The monoisotopic (exact) mass is 339 g/mol. The van der Waals surface area contributed by atoms with Gasteiger partial charge in [0, 0.05) is 27.3 Å². The first kappa shape index (κ1) is 18.1. The van der Waals surface area contributed by atoms with Crippen molar-refractivity contribution >= 4 is 0 Å². The van der Waals surface area contributed by atoms with E-state index in [-0.39, 0.29) is 11.8 Å². The summed E-state index contributed by atoms with van der Waals surface area (Å²) in [7, 11) is 3.52. The average molecular weight is 339 g/mol. The van der Waals surface area contributed by atoms with Gasteiger partial charge in [0.2, 0.25) is 0 Å². The lowest BCUT2D eigenvalue weighted by molar-refractivity contribution is -0.192. The number of benzene rings is 2. The number of ether oxygens (including phenoxy) is 2. The van der Waals surface area contributed by atoms with Gasteiger partial charge in [-0.05, 0) is 24.0 Å². The normalized spacial score (nSPS) is 16.6. The number of hydrogen-bond donors (Lipinski definition) is 0. The second kappa shape index (κ2) is 8.61. The van der Waals surface area contributed by atoms with Gasteiger partial charge in [-0.2, -0.15) is 0 Å². The lowest BCUT2D eigenvalue weighted by Crippen LogP contribution is -2.55. The molecule has 0 bridgehead atoms. The van der Waals surface area contributed by atoms with E-state index in [9.17, 15) is 0 Å². The minimum atomic E-state index is -0.206. The Bertz CT molecular complexity index is 577. The van der Waals surface area contributed by atoms with Crippen LogP contribution in [0.1, 0.15) is 36.8 Å². The Balaban J connectivity index is 1.93. The molecule has 0 aromatic heterocycles. The van der Waals surface area contributed by atoms with Crippen molar-refractivity contribution < 1.29 is 9.47 Å². The van der Waals surface area contributed by atoms with Crippen LogP contribution in [0.2, 0.25) is 0 Å². The molecule has 25 heavy (non-hydrogen) atoms. The van der Waals surface area contributed by atoms with Crippen LogP contribution in [-0.4, -0.2) is 30.9 Å². The molecule has 3 rings (SSSR count). The molecule has 3 nitrogen and oxygen atoms in total. The zero-order valence-electron chi connectivity index (χ0n) is 15.4. The molecule has 3 heteroatoms. The molecule has 1 aliphatic rings. The van der Waals surface area contributed by atoms with Gasteiger partial charge in [-0.25, -0.2) is 0 Å². The molecule has 2 aromatic carbocycles. The molecule has 1 saturated carbocycles. The maximum absolute atomic E-state index is 5.78. The molecular weight excluding hydrogens is 310 g/mol. The number of methoxy groups -OCH3 is 2. The Kier molecular flexibility index (Phi) is 6.24. The Morgan fingerprint density at radius 2 is 1.24 bits per heavy atom. The molecule has 0 amide bonds. The summed E-state index contributed by atoms with van der Waals surface area (Å²) in [5.41, 5.74) is 2.58. The van der Waals surface area contributed by atoms with Crippen LogP contribution >= 0.6 is 0 Å². The van der Waals surface area contributed by atoms with Crippen LogP contribution in [0.25, 0.3) is 0 Å². The first-order chi connectivity index (χ1) is 12.3. The van der Waals surface area contributed by atoms with Crippen molar-refractivity contribution in [3.8, 4) is 0 Å². The van der Waals surface area contributed by atoms with Crippen LogP contribution < -0.4 is 0 Å². The fourth-order valence-corrected chi connectivity index (χ4v) is 4.20. The van der Waals surface area contributed by atoms with Crippen molar-refractivity contribution in [2.75, 3.05) is 14.2 Å². The lowest BCUT2D eigenvalue weighted by atomic mass is 9.92. The third-order valence-electron chi connectivity index (χ3n) is 5.40. The van der Waals surface area contributed by atoms with Gasteiger partial charge in [0.25, 0.3) is 0 Å². The van der Waals surface area contributed by atoms with E-state index in [4.69, 9.17) is 9.47 Å². The van der Waals surface area contributed by atoms with Crippen molar-refractivity contribution in [1.82, 2.24) is 4.90 Å². The second-order valence-electron chi connectivity index (χ2n) is 6.94. The van der Waals surface area contributed by atoms with Gasteiger partial charge in [-0.3, -0.25) is 4.90 Å². The van der Waals surface area contributed by atoms with Crippen LogP contribution in [-0.2, 0) is 22.6 Å². The highest BCUT2D eigenvalue weighted by atomic mass is 16.7. The van der Waals surface area contributed by atoms with Crippen LogP contribution in [0.5, 0.6) is 0 Å². The molecule has 1 aliphatic carbocycles. The van der Waals surface area contributed by atoms with Crippen molar-refractivity contribution in [1.29, 1.82) is 0 Å². The summed E-state index contributed by atoms with van der Waals surface area (Å²) in [4.78, 5) is 2.57. The van der Waals surface area contributed by atoms with Crippen molar-refractivity contribution in [3.63, 3.8) is 0 Å². The average Bonchev–Trinajstić information content (AvgIpc) is 3.15. The fourth-order valence-electron chi connectivity index (χ4n) is 4.20. The van der Waals surface area contributed by atoms with Crippen LogP contribution in [0.15, 0.2) is 60.7 Å². The van der Waals surface area contributed by atoms with Gasteiger partial charge >= 0.3 is 0 Å². The number of hydrogen-bond acceptors (Lipinski definition) is 3. The highest BCUT2D eigenvalue weighted by Gasteiger charge is 2.46. The van der Waals surface area contributed by atoms with E-state index in [0.29, 0.717) is 0 Å². The van der Waals surface area contributed by atoms with Crippen molar-refractivity contribution in [2.45, 2.75) is 50.6 Å². The van der Waals surface area contributed by atoms with Gasteiger partial charge in [0.15, 0.2) is 6.29 Å². The summed E-state index contributed by atoms with van der Waals surface area (Å²) in [5.74, 6) is 0. The third kappa shape index (κ3) is 4.12. The summed E-state index contributed by atoms with van der Waals surface area (Å²) in [6, 6.07) is 21.4. The Hall–Kier alpha value is -1.68. The Morgan fingerprint density at radius 1 is 0.800 bits per heavy atom. The highest BCUT2D eigenvalue weighted by molar-refractivity contribution is 5.18. The van der Waals surface area contributed by atoms with Gasteiger partial charge in [-0.1, -0.05) is 73.5 Å². The predicted octanol–water partition coefficient (Wildman–Crippen LogP) is 4.62. The highest BCUT2D eigenvalue weighted by Crippen LogP contribution is 2.41. The van der Waals surface area contributed by atoms with Gasteiger partial charge in [-0.15, -0.1) is 0 Å². The molecule has 0 saturated heterocycles. The summed E-state index contributed by atoms with van der Waals surface area (Å²) < 4.78 is 11.6. The first-order valence-electron chi connectivity index (χ1n) is 9.17. The molecule has 0 unspecified atom stereocenters. The van der Waals surface area contributed by atoms with E-state index < -0.39 is 0 Å². The van der Waals surface area contributed by atoms with E-state index in [1.165, 1.54) is 24.0 Å². The molecule has 0 N–H and O–H groups in total. The molecule has 1 fully saturated rings. The zero-order valence-corrected chi connectivity index (χ0v) is 15.4. The van der Waals surface area contributed by atoms with E-state index in [0.717, 1.165) is 25.9 Å². The smallest absolute Gasteiger partial charge is 0.175 e. The standard InChI is InChI=1S/C22H29NO2/c1-24-21(25-2)22(15-9-10-16-22)23(17-19-11-5-3-6-12-19)18-20-13-7-4-8-14-20/h3-8,11-14,21H,9-10,15-18H2,1-2H3. The molecule has 0 aliphatic heterocycles. The van der Waals surface area contributed by atoms with Crippen LogP contribution in [0.3, 0.4) is 0 Å². The largest absolute Gasteiger partial charge is 0.354 e. The maximum atomic E-state index is 5.78. The molecule has 0 atom stereocenters. The van der Waals surface area contributed by atoms with E-state index in [1.807, 2.05) is 0 Å². The van der Waals surface area contributed by atoms with Crippen molar-refractivity contribution in [2.24, 2.45) is 0 Å². The van der Waals surface area contributed by atoms with Gasteiger partial charge in [0.1, 0.15) is 0 Å². The van der Waals surface area contributed by atoms with Gasteiger partial charge in [0.05, 0.1) is 5.54 Å². The molecule has 0 radical (unpaired) electrons. The summed E-state index contributed by atoms with van der Waals surface area (Å²) in [6.07, 6.45) is 4.47. The molecule has 0 heterocycles. The molecule has 0 spiro atoms. The van der Waals surface area contributed by atoms with E-state index >= 15 is 0 Å². The SMILES string of the molecule is COC(OC)C1(N(Cc2ccccc2)Cc2ccccc2)CCCC1. The Morgan fingerprint density at radius 3 is 1.64 bits per heavy atom. The van der Waals surface area contributed by atoms with Crippen LogP contribution in [0, 0.1) is 0 Å². The lowest BCUT2D eigenvalue weighted by Gasteiger charge is -2.45. The van der Waals surface area contributed by atoms with Gasteiger partial charge < -0.3 is 9.47 Å². The minimum Gasteiger partial charge on any atom is -0.354 e. The minimum absolute atomic E-state index is 0.0742. The van der Waals surface area contributed by atoms with E-state index in [2.05, 4.69) is 65.6 Å². The number of rotatable bonds is 8. The fraction of sp³-hybridized carbons (Fsp3) is 0.455. The quantitative estimate of drug-likeness (QED) is 0.655. The van der Waals surface area contributed by atoms with Crippen molar-refractivity contribution in [3.05, 3.63) is 71.8 Å². The van der Waals surface area contributed by atoms with E-state index in [1.54, 1.807) is 14.2 Å². The summed E-state index contributed by atoms with van der Waals surface area (Å²) >= 11 is 0. The Labute approximate surface area is 151 Å².